The van der Waals surface area contributed by atoms with Gasteiger partial charge < -0.3 is 10.0 Å². The van der Waals surface area contributed by atoms with Crippen molar-refractivity contribution in [1.29, 1.82) is 0 Å². The molecule has 0 bridgehead atoms. The van der Waals surface area contributed by atoms with Gasteiger partial charge in [0.25, 0.3) is 0 Å². The van der Waals surface area contributed by atoms with Crippen molar-refractivity contribution in [2.75, 3.05) is 39.3 Å². The van der Waals surface area contributed by atoms with Crippen LogP contribution in [0.2, 0.25) is 0 Å². The molecule has 1 amide bonds. The number of rotatable bonds is 4. The lowest BCUT2D eigenvalue weighted by Crippen LogP contribution is -2.48. The van der Waals surface area contributed by atoms with E-state index in [0.29, 0.717) is 32.7 Å². The van der Waals surface area contributed by atoms with Gasteiger partial charge in [0.05, 0.1) is 6.61 Å². The van der Waals surface area contributed by atoms with Crippen LogP contribution < -0.4 is 0 Å². The largest absolute Gasteiger partial charge is 0.395 e. The Hall–Kier alpha value is -1.79. The van der Waals surface area contributed by atoms with Crippen molar-refractivity contribution in [3.63, 3.8) is 0 Å². The second-order valence-electron chi connectivity index (χ2n) is 4.86. The monoisotopic (exact) mass is 296 g/mol. The molecule has 0 aromatic heterocycles. The Labute approximate surface area is 122 Å². The van der Waals surface area contributed by atoms with Gasteiger partial charge in [-0.3, -0.25) is 9.69 Å². The lowest BCUT2D eigenvalue weighted by Gasteiger charge is -2.33. The molecule has 1 N–H and O–H groups in total. The van der Waals surface area contributed by atoms with Crippen molar-refractivity contribution < 1.29 is 18.7 Å². The van der Waals surface area contributed by atoms with Crippen LogP contribution in [0.3, 0.4) is 0 Å². The summed E-state index contributed by atoms with van der Waals surface area (Å²) in [4.78, 5) is 15.7. The minimum atomic E-state index is -0.688. The molecule has 114 valence electrons. The third-order valence-corrected chi connectivity index (χ3v) is 3.49. The zero-order valence-corrected chi connectivity index (χ0v) is 11.6. The van der Waals surface area contributed by atoms with Crippen LogP contribution in [0.1, 0.15) is 5.56 Å². The average molecular weight is 296 g/mol. The molecule has 4 nitrogen and oxygen atoms in total. The number of aliphatic hydroxyl groups excluding tert-OH is 1. The van der Waals surface area contributed by atoms with E-state index in [1.165, 1.54) is 18.2 Å². The molecule has 0 spiro atoms. The lowest BCUT2D eigenvalue weighted by atomic mass is 10.2. The summed E-state index contributed by atoms with van der Waals surface area (Å²) >= 11 is 0. The minimum absolute atomic E-state index is 0.0976. The number of halogens is 2. The number of hydrogen-bond donors (Lipinski definition) is 1. The van der Waals surface area contributed by atoms with Gasteiger partial charge in [-0.1, -0.05) is 6.07 Å². The van der Waals surface area contributed by atoms with Gasteiger partial charge in [-0.2, -0.15) is 0 Å². The van der Waals surface area contributed by atoms with Crippen LogP contribution >= 0.6 is 0 Å². The molecular weight excluding hydrogens is 278 g/mol. The van der Waals surface area contributed by atoms with E-state index in [4.69, 9.17) is 5.11 Å². The van der Waals surface area contributed by atoms with E-state index in [9.17, 15) is 13.6 Å². The highest BCUT2D eigenvalue weighted by Crippen LogP contribution is 2.14. The quantitative estimate of drug-likeness (QED) is 0.847. The van der Waals surface area contributed by atoms with Crippen molar-refractivity contribution >= 4 is 12.0 Å². The first kappa shape index (κ1) is 15.6. The SMILES string of the molecule is O=C(C=Cc1c(F)cccc1F)N1CCN(CCO)CC1. The second kappa shape index (κ2) is 7.28. The van der Waals surface area contributed by atoms with Crippen molar-refractivity contribution in [3.8, 4) is 0 Å². The summed E-state index contributed by atoms with van der Waals surface area (Å²) in [7, 11) is 0. The Morgan fingerprint density at radius 3 is 2.38 bits per heavy atom. The molecule has 1 fully saturated rings. The van der Waals surface area contributed by atoms with Gasteiger partial charge in [-0.25, -0.2) is 8.78 Å². The Bertz CT molecular complexity index is 506. The number of nitrogens with zero attached hydrogens (tertiary/aromatic N) is 2. The van der Waals surface area contributed by atoms with E-state index in [2.05, 4.69) is 4.90 Å². The van der Waals surface area contributed by atoms with E-state index in [1.54, 1.807) is 4.90 Å². The molecule has 1 aliphatic rings. The molecule has 1 aromatic carbocycles. The average Bonchev–Trinajstić information content (AvgIpc) is 2.47. The highest BCUT2D eigenvalue weighted by atomic mass is 19.1. The van der Waals surface area contributed by atoms with Crippen molar-refractivity contribution in [1.82, 2.24) is 9.80 Å². The summed E-state index contributed by atoms with van der Waals surface area (Å²) in [6, 6.07) is 3.59. The Kier molecular flexibility index (Phi) is 5.41. The molecule has 1 saturated heterocycles. The molecule has 1 aromatic rings. The fourth-order valence-corrected chi connectivity index (χ4v) is 2.26. The maximum Gasteiger partial charge on any atom is 0.246 e. The highest BCUT2D eigenvalue weighted by Gasteiger charge is 2.19. The number of hydrogen-bond acceptors (Lipinski definition) is 3. The second-order valence-corrected chi connectivity index (χ2v) is 4.86. The molecule has 0 saturated carbocycles. The Morgan fingerprint density at radius 2 is 1.81 bits per heavy atom. The number of aliphatic hydroxyl groups is 1. The van der Waals surface area contributed by atoms with Gasteiger partial charge in [0.15, 0.2) is 0 Å². The van der Waals surface area contributed by atoms with Crippen LogP contribution in [0.5, 0.6) is 0 Å². The fourth-order valence-electron chi connectivity index (χ4n) is 2.26. The number of amides is 1. The third kappa shape index (κ3) is 4.09. The summed E-state index contributed by atoms with van der Waals surface area (Å²) in [5.74, 6) is -1.64. The van der Waals surface area contributed by atoms with E-state index in [-0.39, 0.29) is 18.1 Å². The van der Waals surface area contributed by atoms with Crippen LogP contribution in [0.15, 0.2) is 24.3 Å². The lowest BCUT2D eigenvalue weighted by molar-refractivity contribution is -0.127. The van der Waals surface area contributed by atoms with Crippen LogP contribution in [-0.4, -0.2) is 60.1 Å². The van der Waals surface area contributed by atoms with Crippen LogP contribution in [0.25, 0.3) is 6.08 Å². The molecule has 0 atom stereocenters. The van der Waals surface area contributed by atoms with Gasteiger partial charge in [0, 0.05) is 44.4 Å². The topological polar surface area (TPSA) is 43.8 Å². The zero-order valence-electron chi connectivity index (χ0n) is 11.6. The molecule has 0 unspecified atom stereocenters. The summed E-state index contributed by atoms with van der Waals surface area (Å²) in [5.41, 5.74) is -0.204. The zero-order chi connectivity index (χ0) is 15.2. The molecule has 1 heterocycles. The summed E-state index contributed by atoms with van der Waals surface area (Å²) < 4.78 is 26.9. The molecule has 0 aliphatic carbocycles. The first-order valence-corrected chi connectivity index (χ1v) is 6.86. The van der Waals surface area contributed by atoms with Crippen LogP contribution in [0.4, 0.5) is 8.78 Å². The Balaban J connectivity index is 1.95. The standard InChI is InChI=1S/C15H18F2N2O2/c16-13-2-1-3-14(17)12(13)4-5-15(21)19-8-6-18(7-9-19)10-11-20/h1-5,20H,6-11H2. The first-order chi connectivity index (χ1) is 10.1. The predicted molar refractivity (Wildman–Crippen MR) is 75.5 cm³/mol. The van der Waals surface area contributed by atoms with Crippen molar-refractivity contribution in [2.45, 2.75) is 0 Å². The normalized spacial score (nSPS) is 16.6. The molecule has 0 radical (unpaired) electrons. The van der Waals surface area contributed by atoms with Crippen molar-refractivity contribution in [2.24, 2.45) is 0 Å². The number of carbonyl (C=O) groups is 1. The summed E-state index contributed by atoms with van der Waals surface area (Å²) in [6.07, 6.45) is 2.37. The molecule has 1 aliphatic heterocycles. The predicted octanol–water partition coefficient (Wildman–Crippen LogP) is 1.11. The van der Waals surface area contributed by atoms with Gasteiger partial charge >= 0.3 is 0 Å². The van der Waals surface area contributed by atoms with E-state index in [0.717, 1.165) is 12.1 Å². The molecule has 6 heteroatoms. The minimum Gasteiger partial charge on any atom is -0.395 e. The maximum absolute atomic E-state index is 13.4. The maximum atomic E-state index is 13.4. The first-order valence-electron chi connectivity index (χ1n) is 6.86. The molecule has 2 rings (SSSR count). The Morgan fingerprint density at radius 1 is 1.19 bits per heavy atom. The van der Waals surface area contributed by atoms with Crippen LogP contribution in [0, 0.1) is 11.6 Å². The van der Waals surface area contributed by atoms with E-state index in [1.807, 2.05) is 0 Å². The van der Waals surface area contributed by atoms with E-state index >= 15 is 0 Å². The number of piperazine rings is 1. The van der Waals surface area contributed by atoms with Gasteiger partial charge in [0.1, 0.15) is 11.6 Å². The van der Waals surface area contributed by atoms with Gasteiger partial charge in [-0.15, -0.1) is 0 Å². The fraction of sp³-hybridized carbons (Fsp3) is 0.400. The summed E-state index contributed by atoms with van der Waals surface area (Å²) in [5, 5.41) is 8.85. The number of benzene rings is 1. The number of carbonyl (C=O) groups excluding carboxylic acids is 1. The van der Waals surface area contributed by atoms with Gasteiger partial charge in [0.2, 0.25) is 5.91 Å². The summed E-state index contributed by atoms with van der Waals surface area (Å²) in [6.45, 7) is 3.16. The van der Waals surface area contributed by atoms with Crippen molar-refractivity contribution in [3.05, 3.63) is 41.5 Å². The van der Waals surface area contributed by atoms with Crippen LogP contribution in [-0.2, 0) is 4.79 Å². The third-order valence-electron chi connectivity index (χ3n) is 3.49. The highest BCUT2D eigenvalue weighted by molar-refractivity contribution is 5.91. The molecular formula is C15H18F2N2O2. The number of β-amino-alcohol motifs (C(OH)–C–C–N with tert-alkyl or cyclic N) is 1. The smallest absolute Gasteiger partial charge is 0.246 e. The van der Waals surface area contributed by atoms with E-state index < -0.39 is 11.6 Å². The molecule has 21 heavy (non-hydrogen) atoms. The van der Waals surface area contributed by atoms with Gasteiger partial charge in [-0.05, 0) is 18.2 Å².